The van der Waals surface area contributed by atoms with Crippen molar-refractivity contribution in [2.75, 3.05) is 13.2 Å². The van der Waals surface area contributed by atoms with Gasteiger partial charge in [0.2, 0.25) is 21.8 Å². The topological polar surface area (TPSA) is 163 Å². The quantitative estimate of drug-likeness (QED) is 0.285. The molecule has 4 amide bonds. The number of nitrogens with zero attached hydrogens (tertiary/aromatic N) is 1. The van der Waals surface area contributed by atoms with E-state index in [9.17, 15) is 27.6 Å². The molecule has 6 rings (SSSR count). The van der Waals surface area contributed by atoms with E-state index in [0.717, 1.165) is 56.2 Å². The molecule has 4 N–H and O–H groups in total. The van der Waals surface area contributed by atoms with Crippen molar-refractivity contribution in [3.8, 4) is 0 Å². The summed E-state index contributed by atoms with van der Waals surface area (Å²) in [7, 11) is -3.84. The van der Waals surface area contributed by atoms with Crippen LogP contribution in [0, 0.1) is 11.8 Å². The van der Waals surface area contributed by atoms with Gasteiger partial charge in [0.25, 0.3) is 5.91 Å². The molecule has 2 heterocycles. The highest BCUT2D eigenvalue weighted by atomic mass is 32.2. The molecule has 0 bridgehead atoms. The van der Waals surface area contributed by atoms with Gasteiger partial charge in [-0.25, -0.2) is 13.2 Å². The Kier molecular flexibility index (Phi) is 11.3. The molecule has 4 atom stereocenters. The summed E-state index contributed by atoms with van der Waals surface area (Å²) in [6, 6.07) is 6.18. The van der Waals surface area contributed by atoms with E-state index in [-0.39, 0.29) is 31.3 Å². The highest BCUT2D eigenvalue weighted by Gasteiger charge is 2.61. The molecule has 0 saturated heterocycles. The third-order valence-corrected chi connectivity index (χ3v) is 12.6. The highest BCUT2D eigenvalue weighted by molar-refractivity contribution is 7.91. The number of amides is 4. The molecular formula is C36H51N5O7S. The number of sulfonamides is 1. The van der Waals surface area contributed by atoms with E-state index in [1.165, 1.54) is 19.3 Å². The van der Waals surface area contributed by atoms with Gasteiger partial charge < -0.3 is 20.7 Å². The Labute approximate surface area is 289 Å². The number of ether oxygens (including phenoxy) is 1. The molecule has 3 saturated carbocycles. The average molecular weight is 698 g/mol. The van der Waals surface area contributed by atoms with Gasteiger partial charge in [0, 0.05) is 25.4 Å². The van der Waals surface area contributed by atoms with Gasteiger partial charge >= 0.3 is 6.09 Å². The maximum atomic E-state index is 14.0. The molecule has 13 heteroatoms. The molecule has 1 unspecified atom stereocenters. The SMILES string of the molecule is O=C1N[C@@H](CCOC(=O)N2Cc3ccccc3C2)C(=O)N[C@]2(C(=O)NS(=O)(=O)C3CC3)CC2/C=C\CCCCC[C@@H]1NCC1CCCCC1. The first-order valence-electron chi connectivity index (χ1n) is 18.2. The number of carbonyl (C=O) groups excluding carboxylic acids is 4. The first-order valence-corrected chi connectivity index (χ1v) is 19.8. The second-order valence-electron chi connectivity index (χ2n) is 14.6. The molecule has 1 aromatic rings. The zero-order valence-electron chi connectivity index (χ0n) is 28.3. The zero-order chi connectivity index (χ0) is 34.4. The fraction of sp³-hybridized carbons (Fsp3) is 0.667. The van der Waals surface area contributed by atoms with Gasteiger partial charge in [-0.1, -0.05) is 68.5 Å². The number of fused-ring (bicyclic) bond motifs is 2. The number of allylic oxidation sites excluding steroid dienone is 1. The van der Waals surface area contributed by atoms with Gasteiger partial charge in [-0.15, -0.1) is 0 Å². The van der Waals surface area contributed by atoms with E-state index in [0.29, 0.717) is 38.3 Å². The third-order valence-electron chi connectivity index (χ3n) is 10.8. The number of benzene rings is 1. The van der Waals surface area contributed by atoms with Crippen LogP contribution in [0.15, 0.2) is 36.4 Å². The summed E-state index contributed by atoms with van der Waals surface area (Å²) in [5, 5.41) is 8.65. The molecule has 0 spiro atoms. The van der Waals surface area contributed by atoms with Gasteiger partial charge in [0.1, 0.15) is 11.6 Å². The largest absolute Gasteiger partial charge is 0.449 e. The Hall–Kier alpha value is -3.45. The Morgan fingerprint density at radius 3 is 2.33 bits per heavy atom. The molecule has 268 valence electrons. The summed E-state index contributed by atoms with van der Waals surface area (Å²) in [4.78, 5) is 56.0. The van der Waals surface area contributed by atoms with E-state index in [2.05, 4.69) is 20.7 Å². The first-order chi connectivity index (χ1) is 23.6. The summed E-state index contributed by atoms with van der Waals surface area (Å²) >= 11 is 0. The minimum Gasteiger partial charge on any atom is -0.449 e. The maximum Gasteiger partial charge on any atom is 0.410 e. The summed E-state index contributed by atoms with van der Waals surface area (Å²) in [5.74, 6) is -1.56. The number of carbonyl (C=O) groups is 4. The van der Waals surface area contributed by atoms with E-state index >= 15 is 0 Å². The van der Waals surface area contributed by atoms with Crippen LogP contribution in [-0.2, 0) is 42.2 Å². The lowest BCUT2D eigenvalue weighted by Crippen LogP contribution is -2.59. The summed E-state index contributed by atoms with van der Waals surface area (Å²) in [6.07, 6.45) is 14.6. The molecule has 2 aliphatic heterocycles. The normalized spacial score (nSPS) is 28.9. The summed E-state index contributed by atoms with van der Waals surface area (Å²) in [6.45, 7) is 1.46. The van der Waals surface area contributed by atoms with Gasteiger partial charge in [-0.05, 0) is 75.0 Å². The number of hydrogen-bond donors (Lipinski definition) is 4. The smallest absolute Gasteiger partial charge is 0.410 e. The van der Waals surface area contributed by atoms with Crippen LogP contribution in [0.1, 0.15) is 101 Å². The fourth-order valence-electron chi connectivity index (χ4n) is 7.40. The predicted molar refractivity (Wildman–Crippen MR) is 183 cm³/mol. The fourth-order valence-corrected chi connectivity index (χ4v) is 8.77. The van der Waals surface area contributed by atoms with Crippen molar-refractivity contribution in [1.29, 1.82) is 0 Å². The Morgan fingerprint density at radius 1 is 0.918 bits per heavy atom. The molecule has 3 aliphatic carbocycles. The van der Waals surface area contributed by atoms with Crippen LogP contribution in [0.3, 0.4) is 0 Å². The van der Waals surface area contributed by atoms with Crippen LogP contribution >= 0.6 is 0 Å². The lowest BCUT2D eigenvalue weighted by molar-refractivity contribution is -0.133. The number of rotatable bonds is 9. The predicted octanol–water partition coefficient (Wildman–Crippen LogP) is 3.56. The molecule has 0 radical (unpaired) electrons. The third kappa shape index (κ3) is 9.02. The van der Waals surface area contributed by atoms with E-state index in [1.54, 1.807) is 4.90 Å². The maximum absolute atomic E-state index is 14.0. The van der Waals surface area contributed by atoms with E-state index in [4.69, 9.17) is 4.74 Å². The lowest BCUT2D eigenvalue weighted by Gasteiger charge is -2.28. The van der Waals surface area contributed by atoms with Gasteiger partial charge in [-0.2, -0.15) is 0 Å². The Bertz CT molecular complexity index is 1500. The lowest BCUT2D eigenvalue weighted by atomic mass is 9.89. The van der Waals surface area contributed by atoms with Crippen LogP contribution < -0.4 is 20.7 Å². The number of hydrogen-bond acceptors (Lipinski definition) is 8. The molecule has 5 aliphatic rings. The highest BCUT2D eigenvalue weighted by Crippen LogP contribution is 2.45. The van der Waals surface area contributed by atoms with Crippen LogP contribution in [0.2, 0.25) is 0 Å². The minimum atomic E-state index is -3.84. The Balaban J connectivity index is 1.16. The minimum absolute atomic E-state index is 0.0158. The van der Waals surface area contributed by atoms with E-state index in [1.807, 2.05) is 36.4 Å². The van der Waals surface area contributed by atoms with Crippen LogP contribution in [0.25, 0.3) is 0 Å². The molecule has 3 fully saturated rings. The zero-order valence-corrected chi connectivity index (χ0v) is 29.1. The first kappa shape index (κ1) is 35.4. The van der Waals surface area contributed by atoms with Crippen LogP contribution in [0.5, 0.6) is 0 Å². The van der Waals surface area contributed by atoms with Crippen molar-refractivity contribution in [2.45, 2.75) is 126 Å². The summed E-state index contributed by atoms with van der Waals surface area (Å²) < 4.78 is 33.3. The van der Waals surface area contributed by atoms with Crippen molar-refractivity contribution in [1.82, 2.24) is 25.6 Å². The summed E-state index contributed by atoms with van der Waals surface area (Å²) in [5.41, 5.74) is 0.662. The molecule has 12 nitrogen and oxygen atoms in total. The standard InChI is InChI=1S/C36H51N5O7S/c42-32-30(37-22-25-11-5-4-6-12-25)16-8-3-1-2-7-15-28-21-36(28,34(44)40-49(46,47)29-17-18-29)39-33(43)31(38-32)19-20-48-35(45)41-23-26-13-9-10-14-27(26)24-41/h7,9-10,13-15,25,28-31,37H,1-6,8,11-12,16-24H2,(H,38,42)(H,39,43)(H,40,44)/b15-7-/t28?,30-,31-,36+/m0/s1. The second kappa shape index (κ2) is 15.6. The molecule has 1 aromatic carbocycles. The van der Waals surface area contributed by atoms with Crippen molar-refractivity contribution in [2.24, 2.45) is 11.8 Å². The van der Waals surface area contributed by atoms with Crippen molar-refractivity contribution >= 4 is 33.8 Å². The van der Waals surface area contributed by atoms with Crippen molar-refractivity contribution in [3.63, 3.8) is 0 Å². The molecule has 0 aromatic heterocycles. The van der Waals surface area contributed by atoms with Gasteiger partial charge in [0.15, 0.2) is 0 Å². The monoisotopic (exact) mass is 697 g/mol. The van der Waals surface area contributed by atoms with Gasteiger partial charge in [0.05, 0.1) is 17.9 Å². The second-order valence-corrected chi connectivity index (χ2v) is 16.5. The average Bonchev–Trinajstić information content (AvgIpc) is 4.01. The van der Waals surface area contributed by atoms with Crippen LogP contribution in [-0.4, -0.2) is 73.2 Å². The van der Waals surface area contributed by atoms with E-state index < -0.39 is 50.8 Å². The van der Waals surface area contributed by atoms with Gasteiger partial charge in [-0.3, -0.25) is 24.0 Å². The van der Waals surface area contributed by atoms with Crippen molar-refractivity contribution in [3.05, 3.63) is 47.5 Å². The van der Waals surface area contributed by atoms with Crippen LogP contribution in [0.4, 0.5) is 4.79 Å². The molecule has 49 heavy (non-hydrogen) atoms. The Morgan fingerprint density at radius 2 is 1.61 bits per heavy atom. The van der Waals surface area contributed by atoms with Crippen molar-refractivity contribution < 1.29 is 32.3 Å². The molecular weight excluding hydrogens is 646 g/mol. The number of nitrogens with one attached hydrogen (secondary N) is 4.